The topological polar surface area (TPSA) is 102 Å². The molecule has 1 heterocycles. The van der Waals surface area contributed by atoms with Crippen LogP contribution in [0.1, 0.15) is 52.4 Å². The zero-order valence-electron chi connectivity index (χ0n) is 17.5. The summed E-state index contributed by atoms with van der Waals surface area (Å²) in [5.41, 5.74) is 1.19. The number of benzene rings is 2. The molecule has 2 amide bonds. The molecular weight excluding hydrogens is 421 g/mol. The zero-order chi connectivity index (χ0) is 22.4. The molecule has 0 radical (unpaired) electrons. The zero-order valence-corrected chi connectivity index (χ0v) is 18.4. The number of hydrogen-bond acceptors (Lipinski definition) is 7. The molecule has 0 spiro atoms. The maximum Gasteiger partial charge on any atom is 0.363 e. The number of ether oxygens (including phenoxy) is 1. The van der Waals surface area contributed by atoms with E-state index >= 15 is 0 Å². The molecular formula is C22H26NO7P. The standard InChI is InChI=1S/C22H26NO7P/c1-3-29-31(27,30-4-2)22(26)16-9-7-10-17(15-16)28-14-8-13-23-20(24)18-11-5-6-12-19(18)21(23)25/h5-7,9-12,15,22,26H,3-4,8,13-14H2,1-2H3. The van der Waals surface area contributed by atoms with Gasteiger partial charge in [0.05, 0.1) is 30.9 Å². The van der Waals surface area contributed by atoms with Crippen LogP contribution in [0.4, 0.5) is 0 Å². The van der Waals surface area contributed by atoms with Crippen LogP contribution >= 0.6 is 7.60 Å². The Hall–Kier alpha value is -2.51. The van der Waals surface area contributed by atoms with Gasteiger partial charge in [0.15, 0.2) is 5.85 Å². The Kier molecular flexibility index (Phi) is 7.62. The summed E-state index contributed by atoms with van der Waals surface area (Å²) in [6.45, 7) is 4.11. The number of rotatable bonds is 11. The molecule has 31 heavy (non-hydrogen) atoms. The molecule has 0 aromatic heterocycles. The summed E-state index contributed by atoms with van der Waals surface area (Å²) < 4.78 is 28.9. The van der Waals surface area contributed by atoms with Gasteiger partial charge in [-0.25, -0.2) is 0 Å². The van der Waals surface area contributed by atoms with Crippen molar-refractivity contribution in [2.24, 2.45) is 0 Å². The highest BCUT2D eigenvalue weighted by Gasteiger charge is 2.36. The molecule has 1 N–H and O–H groups in total. The fourth-order valence-electron chi connectivity index (χ4n) is 3.34. The third kappa shape index (κ3) is 5.05. The van der Waals surface area contributed by atoms with Gasteiger partial charge in [-0.1, -0.05) is 24.3 Å². The number of hydrogen-bond donors (Lipinski definition) is 1. The summed E-state index contributed by atoms with van der Waals surface area (Å²) in [5.74, 6) is -1.57. The quantitative estimate of drug-likeness (QED) is 0.315. The highest BCUT2D eigenvalue weighted by atomic mass is 31.2. The van der Waals surface area contributed by atoms with Gasteiger partial charge in [0, 0.05) is 6.54 Å². The average molecular weight is 447 g/mol. The van der Waals surface area contributed by atoms with Gasteiger partial charge in [-0.15, -0.1) is 0 Å². The Labute approximate surface area is 181 Å². The van der Waals surface area contributed by atoms with Crippen molar-refractivity contribution in [2.45, 2.75) is 26.1 Å². The van der Waals surface area contributed by atoms with E-state index in [1.165, 1.54) is 4.90 Å². The molecule has 9 heteroatoms. The number of fused-ring (bicyclic) bond motifs is 1. The number of nitrogens with zero attached hydrogens (tertiary/aromatic N) is 1. The van der Waals surface area contributed by atoms with Crippen LogP contribution in [0.25, 0.3) is 0 Å². The van der Waals surface area contributed by atoms with Crippen LogP contribution in [0.15, 0.2) is 48.5 Å². The number of aliphatic hydroxyl groups is 1. The number of amides is 2. The van der Waals surface area contributed by atoms with E-state index in [-0.39, 0.29) is 38.2 Å². The molecule has 0 saturated heterocycles. The van der Waals surface area contributed by atoms with Crippen molar-refractivity contribution in [1.82, 2.24) is 4.90 Å². The van der Waals surface area contributed by atoms with E-state index in [1.807, 2.05) is 0 Å². The first-order chi connectivity index (χ1) is 14.9. The van der Waals surface area contributed by atoms with E-state index in [4.69, 9.17) is 13.8 Å². The highest BCUT2D eigenvalue weighted by Crippen LogP contribution is 2.59. The minimum absolute atomic E-state index is 0.141. The van der Waals surface area contributed by atoms with Gasteiger partial charge in [-0.05, 0) is 50.1 Å². The molecule has 166 valence electrons. The normalized spacial score (nSPS) is 14.6. The first kappa shape index (κ1) is 23.2. The molecule has 1 aliphatic heterocycles. The van der Waals surface area contributed by atoms with Gasteiger partial charge in [-0.3, -0.25) is 19.1 Å². The van der Waals surface area contributed by atoms with Crippen LogP contribution in [0.2, 0.25) is 0 Å². The van der Waals surface area contributed by atoms with E-state index in [2.05, 4.69) is 0 Å². The SMILES string of the molecule is CCOP(=O)(OCC)C(O)c1cccc(OCCCN2C(=O)c3ccccc3C2=O)c1. The summed E-state index contributed by atoms with van der Waals surface area (Å²) in [6.07, 6.45) is 0.439. The molecule has 2 aromatic carbocycles. The van der Waals surface area contributed by atoms with Crippen LogP contribution < -0.4 is 4.74 Å². The van der Waals surface area contributed by atoms with Crippen LogP contribution in [0.5, 0.6) is 5.75 Å². The third-order valence-corrected chi connectivity index (χ3v) is 6.88. The lowest BCUT2D eigenvalue weighted by Gasteiger charge is -2.22. The van der Waals surface area contributed by atoms with E-state index in [0.29, 0.717) is 28.9 Å². The van der Waals surface area contributed by atoms with Crippen molar-refractivity contribution >= 4 is 19.4 Å². The van der Waals surface area contributed by atoms with Crippen LogP contribution in [-0.4, -0.2) is 48.2 Å². The fourth-order valence-corrected chi connectivity index (χ4v) is 4.94. The Morgan fingerprint density at radius 2 is 1.58 bits per heavy atom. The van der Waals surface area contributed by atoms with E-state index in [0.717, 1.165) is 0 Å². The van der Waals surface area contributed by atoms with Gasteiger partial charge < -0.3 is 18.9 Å². The lowest BCUT2D eigenvalue weighted by molar-refractivity contribution is 0.0646. The number of carbonyl (C=O) groups excluding carboxylic acids is 2. The molecule has 1 unspecified atom stereocenters. The maximum absolute atomic E-state index is 12.8. The maximum atomic E-state index is 12.8. The van der Waals surface area contributed by atoms with Gasteiger partial charge in [0.25, 0.3) is 11.8 Å². The summed E-state index contributed by atoms with van der Waals surface area (Å²) in [5, 5.41) is 10.5. The average Bonchev–Trinajstić information content (AvgIpc) is 3.01. The first-order valence-corrected chi connectivity index (χ1v) is 11.8. The monoisotopic (exact) mass is 447 g/mol. The summed E-state index contributed by atoms with van der Waals surface area (Å²) in [7, 11) is -3.72. The number of imide groups is 1. The highest BCUT2D eigenvalue weighted by molar-refractivity contribution is 7.54. The van der Waals surface area contributed by atoms with Crippen molar-refractivity contribution in [1.29, 1.82) is 0 Å². The summed E-state index contributed by atoms with van der Waals surface area (Å²) >= 11 is 0. The van der Waals surface area contributed by atoms with Crippen molar-refractivity contribution in [3.05, 3.63) is 65.2 Å². The lowest BCUT2D eigenvalue weighted by Crippen LogP contribution is -2.31. The molecule has 0 fully saturated rings. The van der Waals surface area contributed by atoms with E-state index < -0.39 is 13.4 Å². The Balaban J connectivity index is 1.57. The third-order valence-electron chi connectivity index (χ3n) is 4.75. The van der Waals surface area contributed by atoms with Crippen molar-refractivity contribution in [2.75, 3.05) is 26.4 Å². The van der Waals surface area contributed by atoms with Gasteiger partial charge in [-0.2, -0.15) is 0 Å². The van der Waals surface area contributed by atoms with Gasteiger partial charge in [0.2, 0.25) is 0 Å². The molecule has 3 rings (SSSR count). The predicted octanol–water partition coefficient (Wildman–Crippen LogP) is 4.01. The fraction of sp³-hybridized carbons (Fsp3) is 0.364. The Bertz CT molecular complexity index is 948. The molecule has 0 bridgehead atoms. The van der Waals surface area contributed by atoms with Gasteiger partial charge in [0.1, 0.15) is 5.75 Å². The molecule has 0 aliphatic carbocycles. The first-order valence-electron chi connectivity index (χ1n) is 10.2. The summed E-state index contributed by atoms with van der Waals surface area (Å²) in [4.78, 5) is 26.0. The van der Waals surface area contributed by atoms with Crippen molar-refractivity contribution in [3.63, 3.8) is 0 Å². The summed E-state index contributed by atoms with van der Waals surface area (Å²) in [6, 6.07) is 13.3. The molecule has 2 aromatic rings. The van der Waals surface area contributed by atoms with Crippen LogP contribution in [-0.2, 0) is 13.6 Å². The molecule has 1 aliphatic rings. The number of aliphatic hydroxyl groups excluding tert-OH is 1. The second-order valence-corrected chi connectivity index (χ2v) is 8.92. The smallest absolute Gasteiger partial charge is 0.363 e. The second kappa shape index (κ2) is 10.2. The molecule has 0 saturated carbocycles. The van der Waals surface area contributed by atoms with Crippen molar-refractivity contribution < 1.29 is 33.0 Å². The van der Waals surface area contributed by atoms with Crippen LogP contribution in [0.3, 0.4) is 0 Å². The van der Waals surface area contributed by atoms with E-state index in [9.17, 15) is 19.3 Å². The van der Waals surface area contributed by atoms with Crippen molar-refractivity contribution in [3.8, 4) is 5.75 Å². The lowest BCUT2D eigenvalue weighted by atomic mass is 10.1. The number of carbonyl (C=O) groups is 2. The largest absolute Gasteiger partial charge is 0.494 e. The minimum Gasteiger partial charge on any atom is -0.494 e. The Morgan fingerprint density at radius 3 is 2.16 bits per heavy atom. The molecule has 1 atom stereocenters. The van der Waals surface area contributed by atoms with Crippen LogP contribution in [0, 0.1) is 0 Å². The van der Waals surface area contributed by atoms with Gasteiger partial charge >= 0.3 is 7.60 Å². The second-order valence-electron chi connectivity index (χ2n) is 6.83. The Morgan fingerprint density at radius 1 is 0.968 bits per heavy atom. The van der Waals surface area contributed by atoms with E-state index in [1.54, 1.807) is 62.4 Å². The minimum atomic E-state index is -3.72. The predicted molar refractivity (Wildman–Crippen MR) is 114 cm³/mol. The molecule has 8 nitrogen and oxygen atoms in total.